The first-order valence-corrected chi connectivity index (χ1v) is 8.94. The molecular weight excluding hydrogens is 358 g/mol. The lowest BCUT2D eigenvalue weighted by molar-refractivity contribution is -0.384. The maximum absolute atomic E-state index is 12.0. The molecule has 2 fully saturated rings. The summed E-state index contributed by atoms with van der Waals surface area (Å²) in [5.74, 6) is -0.391. The van der Waals surface area contributed by atoms with E-state index in [-0.39, 0.29) is 36.0 Å². The van der Waals surface area contributed by atoms with Gasteiger partial charge >= 0.3 is 5.97 Å². The number of thioether (sulfide) groups is 1. The Morgan fingerprint density at radius 3 is 2.50 bits per heavy atom. The molecule has 0 spiro atoms. The minimum Gasteiger partial charge on any atom is -0.459 e. The van der Waals surface area contributed by atoms with E-state index < -0.39 is 10.9 Å². The first kappa shape index (κ1) is 17.0. The minimum absolute atomic E-state index is 0.0457. The molecule has 4 rings (SSSR count). The third kappa shape index (κ3) is 3.57. The summed E-state index contributed by atoms with van der Waals surface area (Å²) in [4.78, 5) is 23.1. The van der Waals surface area contributed by atoms with Crippen LogP contribution in [0.5, 0.6) is 0 Å². The van der Waals surface area contributed by atoms with Crippen molar-refractivity contribution in [1.82, 2.24) is 0 Å². The van der Waals surface area contributed by atoms with Crippen molar-refractivity contribution in [3.05, 3.63) is 70.3 Å². The molecule has 2 saturated heterocycles. The molecule has 8 heteroatoms. The van der Waals surface area contributed by atoms with E-state index in [0.29, 0.717) is 5.56 Å². The van der Waals surface area contributed by atoms with Crippen molar-refractivity contribution in [3.8, 4) is 0 Å². The Kier molecular flexibility index (Phi) is 4.62. The lowest BCUT2D eigenvalue weighted by Crippen LogP contribution is -2.25. The standard InChI is InChI=1S/C18H15NO6S/c20-17(11-4-2-1-3-5-11)23-10-14-15-16(25-15)18(24-14)26-13-8-6-12(7-9-13)19(21)22/h1-9,14-16,18H,10H2/t14-,15+,16+,18-/m1/s1. The number of nitro benzene ring substituents is 1. The van der Waals surface area contributed by atoms with Crippen LogP contribution >= 0.6 is 11.8 Å². The average Bonchev–Trinajstić information content (AvgIpc) is 3.39. The van der Waals surface area contributed by atoms with E-state index >= 15 is 0 Å². The highest BCUT2D eigenvalue weighted by Crippen LogP contribution is 2.46. The van der Waals surface area contributed by atoms with Crippen LogP contribution in [0.15, 0.2) is 59.5 Å². The van der Waals surface area contributed by atoms with Crippen LogP contribution in [0.4, 0.5) is 5.69 Å². The zero-order valence-corrected chi connectivity index (χ0v) is 14.3. The summed E-state index contributed by atoms with van der Waals surface area (Å²) in [6, 6.07) is 15.1. The third-order valence-corrected chi connectivity index (χ3v) is 5.35. The lowest BCUT2D eigenvalue weighted by Gasteiger charge is -2.17. The molecule has 2 aromatic rings. The van der Waals surface area contributed by atoms with E-state index in [0.717, 1.165) is 4.90 Å². The zero-order valence-electron chi connectivity index (χ0n) is 13.5. The van der Waals surface area contributed by atoms with Crippen LogP contribution in [0, 0.1) is 10.1 Å². The van der Waals surface area contributed by atoms with Gasteiger partial charge in [-0.3, -0.25) is 10.1 Å². The van der Waals surface area contributed by atoms with Crippen molar-refractivity contribution in [2.45, 2.75) is 28.6 Å². The van der Waals surface area contributed by atoms with Crippen molar-refractivity contribution in [1.29, 1.82) is 0 Å². The maximum atomic E-state index is 12.0. The fraction of sp³-hybridized carbons (Fsp3) is 0.278. The van der Waals surface area contributed by atoms with Crippen molar-refractivity contribution in [2.75, 3.05) is 6.61 Å². The number of esters is 1. The number of rotatable bonds is 6. The number of fused-ring (bicyclic) bond motifs is 1. The molecule has 2 aliphatic rings. The van der Waals surface area contributed by atoms with E-state index in [2.05, 4.69) is 0 Å². The summed E-state index contributed by atoms with van der Waals surface area (Å²) in [6.45, 7) is 0.131. The van der Waals surface area contributed by atoms with E-state index in [1.54, 1.807) is 36.4 Å². The molecule has 0 N–H and O–H groups in total. The highest BCUT2D eigenvalue weighted by molar-refractivity contribution is 7.99. The first-order valence-electron chi connectivity index (χ1n) is 8.06. The first-order chi connectivity index (χ1) is 12.6. The van der Waals surface area contributed by atoms with Crippen LogP contribution in [0.25, 0.3) is 0 Å². The van der Waals surface area contributed by atoms with Gasteiger partial charge in [0.05, 0.1) is 10.5 Å². The average molecular weight is 373 g/mol. The second kappa shape index (κ2) is 7.06. The van der Waals surface area contributed by atoms with Crippen LogP contribution in [0.1, 0.15) is 10.4 Å². The number of epoxide rings is 1. The number of nitrogens with zero attached hydrogens (tertiary/aromatic N) is 1. The summed E-state index contributed by atoms with van der Waals surface area (Å²) < 4.78 is 16.8. The molecule has 0 radical (unpaired) electrons. The smallest absolute Gasteiger partial charge is 0.338 e. The van der Waals surface area contributed by atoms with Crippen molar-refractivity contribution < 1.29 is 23.9 Å². The number of hydrogen-bond donors (Lipinski definition) is 0. The van der Waals surface area contributed by atoms with Gasteiger partial charge in [0.15, 0.2) is 0 Å². The predicted molar refractivity (Wildman–Crippen MR) is 93.0 cm³/mol. The summed E-state index contributed by atoms with van der Waals surface area (Å²) in [7, 11) is 0. The van der Waals surface area contributed by atoms with E-state index in [9.17, 15) is 14.9 Å². The van der Waals surface area contributed by atoms with Gasteiger partial charge in [0.25, 0.3) is 5.69 Å². The highest BCUT2D eigenvalue weighted by atomic mass is 32.2. The molecule has 0 amide bonds. The molecule has 2 heterocycles. The highest BCUT2D eigenvalue weighted by Gasteiger charge is 2.58. The van der Waals surface area contributed by atoms with Gasteiger partial charge in [-0.25, -0.2) is 4.79 Å². The van der Waals surface area contributed by atoms with Crippen molar-refractivity contribution in [3.63, 3.8) is 0 Å². The number of benzene rings is 2. The molecule has 0 aliphatic carbocycles. The summed E-state index contributed by atoms with van der Waals surface area (Å²) in [5, 5.41) is 10.7. The SMILES string of the molecule is O=C(OC[C@H]1O[C@H](Sc2ccc([N+](=O)[O-])cc2)[C@H]2O[C@H]21)c1ccccc1. The zero-order chi connectivity index (χ0) is 18.1. The van der Waals surface area contributed by atoms with Gasteiger partial charge in [0.2, 0.25) is 0 Å². The molecule has 2 aromatic carbocycles. The van der Waals surface area contributed by atoms with Crippen LogP contribution < -0.4 is 0 Å². The summed E-state index contributed by atoms with van der Waals surface area (Å²) >= 11 is 1.45. The van der Waals surface area contributed by atoms with Crippen LogP contribution in [0.3, 0.4) is 0 Å². The number of ether oxygens (including phenoxy) is 3. The monoisotopic (exact) mass is 373 g/mol. The molecule has 0 bridgehead atoms. The Labute approximate surface area is 153 Å². The van der Waals surface area contributed by atoms with Gasteiger partial charge < -0.3 is 14.2 Å². The quantitative estimate of drug-likeness (QED) is 0.333. The van der Waals surface area contributed by atoms with Crippen LogP contribution in [-0.2, 0) is 14.2 Å². The molecule has 26 heavy (non-hydrogen) atoms. The molecule has 134 valence electrons. The molecule has 2 aliphatic heterocycles. The second-order valence-corrected chi connectivity index (χ2v) is 7.11. The molecule has 0 saturated carbocycles. The van der Waals surface area contributed by atoms with Gasteiger partial charge in [-0.05, 0) is 24.3 Å². The Hall–Kier alpha value is -2.42. The van der Waals surface area contributed by atoms with E-state index in [1.807, 2.05) is 6.07 Å². The van der Waals surface area contributed by atoms with E-state index in [4.69, 9.17) is 14.2 Å². The fourth-order valence-electron chi connectivity index (χ4n) is 2.81. The van der Waals surface area contributed by atoms with Crippen LogP contribution in [-0.4, -0.2) is 41.2 Å². The Balaban J connectivity index is 1.31. The second-order valence-electron chi connectivity index (χ2n) is 5.94. The van der Waals surface area contributed by atoms with Gasteiger partial charge in [-0.15, -0.1) is 0 Å². The molecule has 7 nitrogen and oxygen atoms in total. The van der Waals surface area contributed by atoms with E-state index in [1.165, 1.54) is 23.9 Å². The molecule has 4 atom stereocenters. The molecular formula is C18H15NO6S. The molecule has 0 unspecified atom stereocenters. The number of carbonyl (C=O) groups excluding carboxylic acids is 1. The number of hydrogen-bond acceptors (Lipinski definition) is 7. The number of carbonyl (C=O) groups is 1. The maximum Gasteiger partial charge on any atom is 0.338 e. The predicted octanol–water partition coefficient (Wildman–Crippen LogP) is 3.04. The minimum atomic E-state index is -0.433. The Morgan fingerprint density at radius 2 is 1.81 bits per heavy atom. The van der Waals surface area contributed by atoms with Gasteiger partial charge in [-0.1, -0.05) is 30.0 Å². The van der Waals surface area contributed by atoms with Gasteiger partial charge in [0.1, 0.15) is 30.4 Å². The van der Waals surface area contributed by atoms with Crippen molar-refractivity contribution >= 4 is 23.4 Å². The number of non-ortho nitro benzene ring substituents is 1. The Bertz CT molecular complexity index is 812. The fourth-order valence-corrected chi connectivity index (χ4v) is 3.92. The van der Waals surface area contributed by atoms with Crippen LogP contribution in [0.2, 0.25) is 0 Å². The van der Waals surface area contributed by atoms with Crippen molar-refractivity contribution in [2.24, 2.45) is 0 Å². The molecule has 0 aromatic heterocycles. The summed E-state index contributed by atoms with van der Waals surface area (Å²) in [6.07, 6.45) is -0.423. The lowest BCUT2D eigenvalue weighted by atomic mass is 10.2. The third-order valence-electron chi connectivity index (χ3n) is 4.19. The topological polar surface area (TPSA) is 91.2 Å². The normalized spacial score (nSPS) is 26.2. The summed E-state index contributed by atoms with van der Waals surface area (Å²) in [5.41, 5.74) is 0.324. The largest absolute Gasteiger partial charge is 0.459 e. The number of nitro groups is 1. The van der Waals surface area contributed by atoms with Gasteiger partial charge in [-0.2, -0.15) is 0 Å². The van der Waals surface area contributed by atoms with Gasteiger partial charge in [0, 0.05) is 17.0 Å². The Morgan fingerprint density at radius 1 is 1.08 bits per heavy atom.